The van der Waals surface area contributed by atoms with Crippen LogP contribution in [-0.4, -0.2) is 56.7 Å². The largest absolute Gasteiger partial charge is 0.386 e. The third kappa shape index (κ3) is 3.94. The van der Waals surface area contributed by atoms with Crippen LogP contribution in [0.4, 0.5) is 0 Å². The SMILES string of the molecule is N#Cc1ccc(S(=O)(=O)N2C[C@H](S(=O)(=O)c3ccc(Cl)cc3)[C@](O)(CN)C2)c(Cl)c1. The van der Waals surface area contributed by atoms with Gasteiger partial charge in [0, 0.05) is 24.7 Å². The first-order valence-corrected chi connectivity index (χ1v) is 12.3. The van der Waals surface area contributed by atoms with Crippen LogP contribution in [0.1, 0.15) is 5.56 Å². The third-order valence-corrected chi connectivity index (χ3v) is 9.78. The molecule has 2 atom stereocenters. The second-order valence-electron chi connectivity index (χ2n) is 6.85. The van der Waals surface area contributed by atoms with E-state index in [4.69, 9.17) is 34.2 Å². The maximum Gasteiger partial charge on any atom is 0.244 e. The number of sulfonamides is 1. The second kappa shape index (κ2) is 8.09. The molecule has 0 aliphatic carbocycles. The van der Waals surface area contributed by atoms with Crippen LogP contribution in [-0.2, 0) is 19.9 Å². The number of hydrogen-bond donors (Lipinski definition) is 2. The zero-order valence-corrected chi connectivity index (χ0v) is 18.5. The highest BCUT2D eigenvalue weighted by Crippen LogP contribution is 2.36. The van der Waals surface area contributed by atoms with Gasteiger partial charge in [0.05, 0.1) is 21.6 Å². The normalized spacial score (nSPS) is 22.7. The fourth-order valence-electron chi connectivity index (χ4n) is 3.30. The Morgan fingerprint density at radius 3 is 2.33 bits per heavy atom. The Balaban J connectivity index is 2.02. The van der Waals surface area contributed by atoms with E-state index in [2.05, 4.69) is 0 Å². The number of nitrogens with zero attached hydrogens (tertiary/aromatic N) is 2. The van der Waals surface area contributed by atoms with Gasteiger partial charge in [-0.3, -0.25) is 0 Å². The molecule has 0 unspecified atom stereocenters. The van der Waals surface area contributed by atoms with Crippen molar-refractivity contribution in [1.82, 2.24) is 4.31 Å². The summed E-state index contributed by atoms with van der Waals surface area (Å²) in [5.41, 5.74) is 3.81. The summed E-state index contributed by atoms with van der Waals surface area (Å²) in [5.74, 6) is 0. The Morgan fingerprint density at radius 1 is 1.17 bits per heavy atom. The number of benzene rings is 2. The first kappa shape index (κ1) is 23.0. The van der Waals surface area contributed by atoms with Crippen molar-refractivity contribution < 1.29 is 21.9 Å². The van der Waals surface area contributed by atoms with E-state index in [1.54, 1.807) is 0 Å². The summed E-state index contributed by atoms with van der Waals surface area (Å²) in [5, 5.41) is 18.5. The highest BCUT2D eigenvalue weighted by Gasteiger charge is 2.54. The Labute approximate surface area is 184 Å². The summed E-state index contributed by atoms with van der Waals surface area (Å²) in [6.45, 7) is -1.52. The first-order valence-electron chi connectivity index (χ1n) is 8.57. The van der Waals surface area contributed by atoms with Gasteiger partial charge in [0.15, 0.2) is 9.84 Å². The van der Waals surface area contributed by atoms with Gasteiger partial charge in [0.2, 0.25) is 10.0 Å². The first-order chi connectivity index (χ1) is 14.0. The lowest BCUT2D eigenvalue weighted by molar-refractivity contribution is 0.0676. The zero-order valence-electron chi connectivity index (χ0n) is 15.4. The lowest BCUT2D eigenvalue weighted by Gasteiger charge is -2.27. The van der Waals surface area contributed by atoms with Gasteiger partial charge in [-0.05, 0) is 42.5 Å². The van der Waals surface area contributed by atoms with Gasteiger partial charge in [-0.2, -0.15) is 9.57 Å². The minimum absolute atomic E-state index is 0.112. The van der Waals surface area contributed by atoms with E-state index in [0.717, 1.165) is 4.31 Å². The van der Waals surface area contributed by atoms with E-state index in [9.17, 15) is 21.9 Å². The molecule has 1 aliphatic rings. The summed E-state index contributed by atoms with van der Waals surface area (Å²) in [7, 11) is -8.41. The van der Waals surface area contributed by atoms with Crippen LogP contribution in [0.5, 0.6) is 0 Å². The molecule has 1 fully saturated rings. The molecule has 160 valence electrons. The number of halogens is 2. The average molecular weight is 490 g/mol. The van der Waals surface area contributed by atoms with Crippen molar-refractivity contribution in [3.05, 3.63) is 58.1 Å². The van der Waals surface area contributed by atoms with E-state index in [1.807, 2.05) is 6.07 Å². The Kier molecular flexibility index (Phi) is 6.19. The molecule has 3 rings (SSSR count). The van der Waals surface area contributed by atoms with E-state index < -0.39 is 50.3 Å². The van der Waals surface area contributed by atoms with Crippen LogP contribution < -0.4 is 5.73 Å². The maximum absolute atomic E-state index is 13.1. The van der Waals surface area contributed by atoms with Crippen LogP contribution in [0.3, 0.4) is 0 Å². The van der Waals surface area contributed by atoms with Gasteiger partial charge in [0.25, 0.3) is 0 Å². The van der Waals surface area contributed by atoms with Crippen LogP contribution in [0.2, 0.25) is 10.0 Å². The standard InChI is InChI=1S/C18H17Cl2N3O5S2/c19-13-2-4-14(5-3-13)29(25,26)17-9-23(11-18(17,24)10-22)30(27,28)16-6-1-12(8-21)7-15(16)20/h1-7,17,24H,9-11,22H2/t17-,18-/m0/s1. The third-order valence-electron chi connectivity index (χ3n) is 4.97. The Hall–Kier alpha value is -1.71. The van der Waals surface area contributed by atoms with Crippen molar-refractivity contribution in [1.29, 1.82) is 5.26 Å². The molecule has 3 N–H and O–H groups in total. The molecule has 0 aromatic heterocycles. The molecule has 1 aliphatic heterocycles. The summed E-state index contributed by atoms with van der Waals surface area (Å²) in [6.07, 6.45) is 0. The van der Waals surface area contributed by atoms with Gasteiger partial charge in [-0.25, -0.2) is 16.8 Å². The summed E-state index contributed by atoms with van der Waals surface area (Å²) < 4.78 is 53.3. The predicted octanol–water partition coefficient (Wildman–Crippen LogP) is 1.40. The number of nitriles is 1. The van der Waals surface area contributed by atoms with Crippen LogP contribution >= 0.6 is 23.2 Å². The lowest BCUT2D eigenvalue weighted by atomic mass is 10.0. The predicted molar refractivity (Wildman–Crippen MR) is 111 cm³/mol. The van der Waals surface area contributed by atoms with E-state index >= 15 is 0 Å². The van der Waals surface area contributed by atoms with E-state index in [1.165, 1.54) is 42.5 Å². The molecular weight excluding hydrogens is 473 g/mol. The van der Waals surface area contributed by atoms with E-state index in [-0.39, 0.29) is 20.4 Å². The molecule has 0 amide bonds. The molecule has 8 nitrogen and oxygen atoms in total. The van der Waals surface area contributed by atoms with Gasteiger partial charge < -0.3 is 10.8 Å². The van der Waals surface area contributed by atoms with Crippen LogP contribution in [0.15, 0.2) is 52.3 Å². The molecule has 12 heteroatoms. The molecule has 0 saturated carbocycles. The smallest absolute Gasteiger partial charge is 0.244 e. The molecule has 0 radical (unpaired) electrons. The van der Waals surface area contributed by atoms with Gasteiger partial charge >= 0.3 is 0 Å². The lowest BCUT2D eigenvalue weighted by Crippen LogP contribution is -2.51. The fraction of sp³-hybridized carbons (Fsp3) is 0.278. The zero-order chi connectivity index (χ0) is 22.3. The topological polar surface area (TPSA) is 142 Å². The van der Waals surface area contributed by atoms with Crippen LogP contribution in [0, 0.1) is 11.3 Å². The average Bonchev–Trinajstić information content (AvgIpc) is 3.08. The molecule has 1 saturated heterocycles. The number of rotatable bonds is 5. The fourth-order valence-corrected chi connectivity index (χ4v) is 7.52. The van der Waals surface area contributed by atoms with Crippen molar-refractivity contribution in [3.8, 4) is 6.07 Å². The molecule has 30 heavy (non-hydrogen) atoms. The molecule has 0 spiro atoms. The van der Waals surface area contributed by atoms with Crippen molar-refractivity contribution in [2.75, 3.05) is 19.6 Å². The summed E-state index contributed by atoms with van der Waals surface area (Å²) >= 11 is 11.8. The molecule has 2 aromatic rings. The number of nitrogens with two attached hydrogens (primary N) is 1. The highest BCUT2D eigenvalue weighted by molar-refractivity contribution is 7.92. The van der Waals surface area contributed by atoms with Crippen molar-refractivity contribution in [3.63, 3.8) is 0 Å². The summed E-state index contributed by atoms with van der Waals surface area (Å²) in [4.78, 5) is -0.411. The van der Waals surface area contributed by atoms with E-state index in [0.29, 0.717) is 5.02 Å². The molecule has 2 aromatic carbocycles. The minimum Gasteiger partial charge on any atom is -0.386 e. The van der Waals surface area contributed by atoms with Gasteiger partial charge in [-0.15, -0.1) is 0 Å². The van der Waals surface area contributed by atoms with Gasteiger partial charge in [-0.1, -0.05) is 23.2 Å². The molecule has 0 bridgehead atoms. The quantitative estimate of drug-likeness (QED) is 0.645. The van der Waals surface area contributed by atoms with Crippen LogP contribution in [0.25, 0.3) is 0 Å². The number of sulfone groups is 1. The Morgan fingerprint density at radius 2 is 1.80 bits per heavy atom. The van der Waals surface area contributed by atoms with Crippen molar-refractivity contribution in [2.45, 2.75) is 20.6 Å². The highest BCUT2D eigenvalue weighted by atomic mass is 35.5. The minimum atomic E-state index is -4.27. The maximum atomic E-state index is 13.1. The monoisotopic (exact) mass is 489 g/mol. The second-order valence-corrected chi connectivity index (χ2v) is 11.7. The van der Waals surface area contributed by atoms with Gasteiger partial charge in [0.1, 0.15) is 15.7 Å². The van der Waals surface area contributed by atoms with Crippen molar-refractivity contribution >= 4 is 43.1 Å². The number of β-amino-alcohol motifs (C(OH)–C–C–N with tert-alkyl or cyclic N) is 1. The Bertz CT molecular complexity index is 1230. The molecular formula is C18H17Cl2N3O5S2. The van der Waals surface area contributed by atoms with Crippen molar-refractivity contribution in [2.24, 2.45) is 5.73 Å². The molecule has 1 heterocycles. The number of hydrogen-bond acceptors (Lipinski definition) is 7. The number of aliphatic hydroxyl groups is 1. The summed E-state index contributed by atoms with van der Waals surface area (Å²) in [6, 6.07) is 10.8.